The van der Waals surface area contributed by atoms with Gasteiger partial charge in [-0.05, 0) is 19.1 Å². The van der Waals surface area contributed by atoms with Gasteiger partial charge in [0.15, 0.2) is 17.3 Å². The predicted molar refractivity (Wildman–Crippen MR) is 72.0 cm³/mol. The average Bonchev–Trinajstić information content (AvgIpc) is 2.33. The Balaban J connectivity index is 2.76. The SMILES string of the molecule is CCOC(=O)c1nc2cc(Br)cc(Cl)c2c(F)c1O. The number of carbonyl (C=O) groups excluding carboxylic acids is 1. The molecule has 0 aliphatic heterocycles. The number of nitrogens with zero attached hydrogens (tertiary/aromatic N) is 1. The zero-order valence-electron chi connectivity index (χ0n) is 9.71. The van der Waals surface area contributed by atoms with Crippen molar-refractivity contribution in [3.05, 3.63) is 33.1 Å². The number of carbonyl (C=O) groups is 1. The van der Waals surface area contributed by atoms with Gasteiger partial charge in [-0.15, -0.1) is 0 Å². The van der Waals surface area contributed by atoms with Crippen LogP contribution in [-0.2, 0) is 4.74 Å². The van der Waals surface area contributed by atoms with Crippen LogP contribution in [0.25, 0.3) is 10.9 Å². The van der Waals surface area contributed by atoms with Crippen LogP contribution in [0.2, 0.25) is 5.02 Å². The molecule has 0 bridgehead atoms. The van der Waals surface area contributed by atoms with Crippen molar-refractivity contribution < 1.29 is 19.0 Å². The first-order chi connectivity index (χ1) is 8.95. The van der Waals surface area contributed by atoms with E-state index in [1.807, 2.05) is 0 Å². The molecule has 1 heterocycles. The molecule has 0 saturated carbocycles. The topological polar surface area (TPSA) is 59.4 Å². The van der Waals surface area contributed by atoms with Gasteiger partial charge >= 0.3 is 5.97 Å². The first kappa shape index (κ1) is 14.0. The fourth-order valence-corrected chi connectivity index (χ4v) is 2.48. The van der Waals surface area contributed by atoms with Crippen molar-refractivity contribution in [3.8, 4) is 5.75 Å². The van der Waals surface area contributed by atoms with E-state index in [1.54, 1.807) is 6.92 Å². The second-order valence-electron chi connectivity index (χ2n) is 3.63. The molecule has 0 atom stereocenters. The summed E-state index contributed by atoms with van der Waals surface area (Å²) in [7, 11) is 0. The van der Waals surface area contributed by atoms with Gasteiger partial charge < -0.3 is 9.84 Å². The molecule has 1 N–H and O–H groups in total. The lowest BCUT2D eigenvalue weighted by Gasteiger charge is -2.08. The van der Waals surface area contributed by atoms with E-state index >= 15 is 0 Å². The number of aromatic nitrogens is 1. The molecule has 1 aromatic carbocycles. The highest BCUT2D eigenvalue weighted by Gasteiger charge is 2.22. The molecular weight excluding hydrogens is 340 g/mol. The summed E-state index contributed by atoms with van der Waals surface area (Å²) in [6.45, 7) is 1.69. The molecule has 0 spiro atoms. The van der Waals surface area contributed by atoms with Crippen LogP contribution in [0.3, 0.4) is 0 Å². The highest BCUT2D eigenvalue weighted by Crippen LogP contribution is 2.34. The fraction of sp³-hybridized carbons (Fsp3) is 0.167. The van der Waals surface area contributed by atoms with Gasteiger partial charge in [0.1, 0.15) is 0 Å². The Labute approximate surface area is 121 Å². The fourth-order valence-electron chi connectivity index (χ4n) is 1.60. The minimum Gasteiger partial charge on any atom is -0.503 e. The minimum atomic E-state index is -0.995. The Bertz CT molecular complexity index is 678. The molecule has 2 rings (SSSR count). The summed E-state index contributed by atoms with van der Waals surface area (Å²) in [6, 6.07) is 2.96. The number of hydrogen-bond donors (Lipinski definition) is 1. The molecular formula is C12H8BrClFNO3. The van der Waals surface area contributed by atoms with Crippen molar-refractivity contribution in [3.63, 3.8) is 0 Å². The Morgan fingerprint density at radius 3 is 2.89 bits per heavy atom. The lowest BCUT2D eigenvalue weighted by molar-refractivity contribution is 0.0515. The Morgan fingerprint density at radius 2 is 2.26 bits per heavy atom. The normalized spacial score (nSPS) is 10.7. The number of aromatic hydroxyl groups is 1. The maximum absolute atomic E-state index is 14.1. The van der Waals surface area contributed by atoms with E-state index in [9.17, 15) is 14.3 Å². The zero-order valence-corrected chi connectivity index (χ0v) is 12.0. The number of benzene rings is 1. The standard InChI is InChI=1S/C12H8BrClFNO3/c1-2-19-12(18)10-11(17)9(15)8-6(14)3-5(13)4-7(8)16-10/h3-4,17H,2H2,1H3. The molecule has 19 heavy (non-hydrogen) atoms. The Morgan fingerprint density at radius 1 is 1.58 bits per heavy atom. The third-order valence-electron chi connectivity index (χ3n) is 2.39. The highest BCUT2D eigenvalue weighted by molar-refractivity contribution is 9.10. The predicted octanol–water partition coefficient (Wildman–Crippen LogP) is 3.67. The molecule has 0 amide bonds. The summed E-state index contributed by atoms with van der Waals surface area (Å²) in [5, 5.41) is 9.72. The number of esters is 1. The largest absolute Gasteiger partial charge is 0.503 e. The van der Waals surface area contributed by atoms with Crippen LogP contribution >= 0.6 is 27.5 Å². The number of rotatable bonds is 2. The van der Waals surface area contributed by atoms with Crippen molar-refractivity contribution in [1.29, 1.82) is 0 Å². The Hall–Kier alpha value is -1.40. The summed E-state index contributed by atoms with van der Waals surface area (Å²) in [6.07, 6.45) is 0. The molecule has 0 saturated heterocycles. The molecule has 0 aliphatic rings. The first-order valence-corrected chi connectivity index (χ1v) is 6.47. The molecule has 1 aromatic heterocycles. The second-order valence-corrected chi connectivity index (χ2v) is 4.95. The monoisotopic (exact) mass is 347 g/mol. The van der Waals surface area contributed by atoms with Gasteiger partial charge in [0.05, 0.1) is 22.5 Å². The van der Waals surface area contributed by atoms with E-state index in [-0.39, 0.29) is 22.5 Å². The summed E-state index contributed by atoms with van der Waals surface area (Å²) in [5.74, 6) is -2.75. The van der Waals surface area contributed by atoms with Crippen molar-refractivity contribution in [2.45, 2.75) is 6.92 Å². The Kier molecular flexibility index (Phi) is 3.91. The summed E-state index contributed by atoms with van der Waals surface area (Å²) in [4.78, 5) is 15.5. The van der Waals surface area contributed by atoms with Crippen LogP contribution in [-0.4, -0.2) is 22.7 Å². The van der Waals surface area contributed by atoms with Crippen LogP contribution < -0.4 is 0 Å². The van der Waals surface area contributed by atoms with E-state index in [2.05, 4.69) is 20.9 Å². The smallest absolute Gasteiger partial charge is 0.360 e. The second kappa shape index (κ2) is 5.30. The van der Waals surface area contributed by atoms with Gasteiger partial charge in [-0.25, -0.2) is 14.2 Å². The maximum Gasteiger partial charge on any atom is 0.360 e. The van der Waals surface area contributed by atoms with Crippen molar-refractivity contribution >= 4 is 44.4 Å². The molecule has 100 valence electrons. The van der Waals surface area contributed by atoms with Gasteiger partial charge in [-0.2, -0.15) is 0 Å². The molecule has 4 nitrogen and oxygen atoms in total. The van der Waals surface area contributed by atoms with Crippen LogP contribution in [0.4, 0.5) is 4.39 Å². The van der Waals surface area contributed by atoms with Crippen LogP contribution in [0.1, 0.15) is 17.4 Å². The third-order valence-corrected chi connectivity index (χ3v) is 3.14. The van der Waals surface area contributed by atoms with Crippen LogP contribution in [0.5, 0.6) is 5.75 Å². The van der Waals surface area contributed by atoms with Gasteiger partial charge in [-0.3, -0.25) is 0 Å². The van der Waals surface area contributed by atoms with E-state index in [0.717, 1.165) is 0 Å². The lowest BCUT2D eigenvalue weighted by atomic mass is 10.1. The lowest BCUT2D eigenvalue weighted by Crippen LogP contribution is -2.09. The molecule has 7 heteroatoms. The number of ether oxygens (including phenoxy) is 1. The molecule has 0 radical (unpaired) electrons. The van der Waals surface area contributed by atoms with Crippen molar-refractivity contribution in [2.75, 3.05) is 6.61 Å². The van der Waals surface area contributed by atoms with E-state index < -0.39 is 23.2 Å². The van der Waals surface area contributed by atoms with Crippen LogP contribution in [0, 0.1) is 5.82 Å². The van der Waals surface area contributed by atoms with Crippen molar-refractivity contribution in [2.24, 2.45) is 0 Å². The summed E-state index contributed by atoms with van der Waals surface area (Å²) < 4.78 is 19.3. The quantitative estimate of drug-likeness (QED) is 0.841. The maximum atomic E-state index is 14.1. The number of hydrogen-bond acceptors (Lipinski definition) is 4. The van der Waals surface area contributed by atoms with E-state index in [1.165, 1.54) is 12.1 Å². The van der Waals surface area contributed by atoms with Crippen LogP contribution in [0.15, 0.2) is 16.6 Å². The van der Waals surface area contributed by atoms with Gasteiger partial charge in [0.2, 0.25) is 0 Å². The van der Waals surface area contributed by atoms with Gasteiger partial charge in [0, 0.05) is 4.47 Å². The van der Waals surface area contributed by atoms with E-state index in [0.29, 0.717) is 4.47 Å². The number of halogens is 3. The summed E-state index contributed by atoms with van der Waals surface area (Å²) in [5.41, 5.74) is -0.321. The van der Waals surface area contributed by atoms with Gasteiger partial charge in [0.25, 0.3) is 0 Å². The average molecular weight is 349 g/mol. The minimum absolute atomic E-state index is 0.0459. The molecule has 0 aliphatic carbocycles. The van der Waals surface area contributed by atoms with E-state index in [4.69, 9.17) is 16.3 Å². The highest BCUT2D eigenvalue weighted by atomic mass is 79.9. The number of fused-ring (bicyclic) bond motifs is 1. The number of pyridine rings is 1. The van der Waals surface area contributed by atoms with Crippen molar-refractivity contribution in [1.82, 2.24) is 4.98 Å². The van der Waals surface area contributed by atoms with Gasteiger partial charge in [-0.1, -0.05) is 27.5 Å². The first-order valence-electron chi connectivity index (χ1n) is 5.30. The zero-order chi connectivity index (χ0) is 14.2. The summed E-state index contributed by atoms with van der Waals surface area (Å²) >= 11 is 9.09. The molecule has 0 fully saturated rings. The molecule has 2 aromatic rings. The third kappa shape index (κ3) is 2.50. The molecule has 0 unspecified atom stereocenters.